The Morgan fingerprint density at radius 1 is 1.18 bits per heavy atom. The van der Waals surface area contributed by atoms with Gasteiger partial charge < -0.3 is 5.32 Å². The number of amides is 1. The van der Waals surface area contributed by atoms with Crippen LogP contribution in [0.1, 0.15) is 0 Å². The lowest BCUT2D eigenvalue weighted by Crippen LogP contribution is -2.20. The molecule has 0 aliphatic rings. The van der Waals surface area contributed by atoms with Crippen molar-refractivity contribution in [1.82, 2.24) is 25.2 Å². The molecule has 7 nitrogen and oxygen atoms in total. The fraction of sp³-hybridized carbons (Fsp3) is 0.0714. The molecule has 0 aliphatic heterocycles. The molecule has 2 aromatic heterocycles. The first-order valence-corrected chi connectivity index (χ1v) is 6.83. The number of pyridine rings is 1. The molecule has 8 heteroatoms. The number of nitrogens with zero attached hydrogens (tertiary/aromatic N) is 5. The number of halogens is 1. The number of rotatable bonds is 4. The van der Waals surface area contributed by atoms with Gasteiger partial charge in [0.1, 0.15) is 12.4 Å². The molecular weight excluding hydrogens is 304 g/mol. The summed E-state index contributed by atoms with van der Waals surface area (Å²) < 4.78 is 1.43. The van der Waals surface area contributed by atoms with Crippen molar-refractivity contribution in [3.8, 4) is 11.4 Å². The Balaban J connectivity index is 1.73. The maximum atomic E-state index is 12.0. The largest absolute Gasteiger partial charge is 0.309 e. The maximum Gasteiger partial charge on any atom is 0.247 e. The van der Waals surface area contributed by atoms with E-state index in [-0.39, 0.29) is 12.5 Å². The molecule has 0 fully saturated rings. The lowest BCUT2D eigenvalue weighted by atomic mass is 10.2. The topological polar surface area (TPSA) is 85.6 Å². The molecule has 1 amide bonds. The van der Waals surface area contributed by atoms with Crippen molar-refractivity contribution in [2.75, 3.05) is 5.32 Å². The van der Waals surface area contributed by atoms with Gasteiger partial charge in [-0.3, -0.25) is 4.79 Å². The number of hydrogen-bond acceptors (Lipinski definition) is 5. The number of carbonyl (C=O) groups is 1. The summed E-state index contributed by atoms with van der Waals surface area (Å²) in [5.74, 6) is 0.669. The first kappa shape index (κ1) is 14.2. The van der Waals surface area contributed by atoms with Gasteiger partial charge in [0.15, 0.2) is 5.82 Å². The van der Waals surface area contributed by atoms with Crippen LogP contribution in [0.3, 0.4) is 0 Å². The van der Waals surface area contributed by atoms with E-state index in [2.05, 4.69) is 25.8 Å². The smallest absolute Gasteiger partial charge is 0.247 e. The summed E-state index contributed by atoms with van der Waals surface area (Å²) in [6.07, 6.45) is 1.46. The van der Waals surface area contributed by atoms with E-state index in [0.29, 0.717) is 16.7 Å². The molecule has 0 spiro atoms. The van der Waals surface area contributed by atoms with Crippen LogP contribution in [0.4, 0.5) is 5.82 Å². The molecule has 0 aliphatic carbocycles. The molecule has 3 aromatic rings. The van der Waals surface area contributed by atoms with Gasteiger partial charge in [-0.15, -0.1) is 5.10 Å². The van der Waals surface area contributed by atoms with E-state index < -0.39 is 0 Å². The molecule has 0 atom stereocenters. The fourth-order valence-corrected chi connectivity index (χ4v) is 1.99. The number of benzene rings is 1. The standard InChI is InChI=1S/C14H11ClN6O/c15-11-6-7-12(16-8-11)17-13(22)9-21-14(18-19-20-21)10-4-2-1-3-5-10/h1-8H,9H2,(H,16,17,22). The summed E-state index contributed by atoms with van der Waals surface area (Å²) in [5, 5.41) is 14.6. The van der Waals surface area contributed by atoms with Crippen LogP contribution < -0.4 is 5.32 Å². The first-order valence-electron chi connectivity index (χ1n) is 6.45. The van der Waals surface area contributed by atoms with Crippen molar-refractivity contribution in [3.05, 3.63) is 53.7 Å². The Hall–Kier alpha value is -2.80. The Labute approximate surface area is 130 Å². The minimum absolute atomic E-state index is 0.0124. The van der Waals surface area contributed by atoms with Gasteiger partial charge in [0.05, 0.1) is 5.02 Å². The molecule has 0 bridgehead atoms. The molecule has 1 N–H and O–H groups in total. The average Bonchev–Trinajstić information content (AvgIpc) is 2.98. The van der Waals surface area contributed by atoms with Crippen molar-refractivity contribution < 1.29 is 4.79 Å². The van der Waals surface area contributed by atoms with Crippen molar-refractivity contribution >= 4 is 23.3 Å². The van der Waals surface area contributed by atoms with Gasteiger partial charge in [0, 0.05) is 11.8 Å². The van der Waals surface area contributed by atoms with Gasteiger partial charge in [-0.2, -0.15) is 0 Å². The lowest BCUT2D eigenvalue weighted by molar-refractivity contribution is -0.116. The number of anilines is 1. The van der Waals surface area contributed by atoms with Crippen LogP contribution in [0.2, 0.25) is 5.02 Å². The zero-order valence-electron chi connectivity index (χ0n) is 11.3. The number of tetrazole rings is 1. The number of nitrogens with one attached hydrogen (secondary N) is 1. The van der Waals surface area contributed by atoms with Crippen molar-refractivity contribution in [2.24, 2.45) is 0 Å². The normalized spacial score (nSPS) is 10.4. The van der Waals surface area contributed by atoms with Gasteiger partial charge >= 0.3 is 0 Å². The highest BCUT2D eigenvalue weighted by molar-refractivity contribution is 6.30. The highest BCUT2D eigenvalue weighted by atomic mass is 35.5. The third kappa shape index (κ3) is 3.26. The van der Waals surface area contributed by atoms with E-state index in [0.717, 1.165) is 5.56 Å². The molecule has 110 valence electrons. The van der Waals surface area contributed by atoms with Crippen LogP contribution >= 0.6 is 11.6 Å². The van der Waals surface area contributed by atoms with Crippen molar-refractivity contribution in [1.29, 1.82) is 0 Å². The summed E-state index contributed by atoms with van der Waals surface area (Å²) in [4.78, 5) is 16.1. The molecule has 0 saturated carbocycles. The minimum atomic E-state index is -0.278. The van der Waals surface area contributed by atoms with Gasteiger partial charge in [0.25, 0.3) is 0 Å². The Morgan fingerprint density at radius 2 is 2.00 bits per heavy atom. The molecule has 1 aromatic carbocycles. The SMILES string of the molecule is O=C(Cn1nnnc1-c1ccccc1)Nc1ccc(Cl)cn1. The third-order valence-electron chi connectivity index (χ3n) is 2.85. The Morgan fingerprint density at radius 3 is 2.73 bits per heavy atom. The molecule has 0 unspecified atom stereocenters. The van der Waals surface area contributed by atoms with E-state index in [9.17, 15) is 4.79 Å². The monoisotopic (exact) mass is 314 g/mol. The summed E-state index contributed by atoms with van der Waals surface area (Å²) in [5.41, 5.74) is 0.838. The highest BCUT2D eigenvalue weighted by Crippen LogP contribution is 2.15. The summed E-state index contributed by atoms with van der Waals surface area (Å²) in [6.45, 7) is -0.0124. The van der Waals surface area contributed by atoms with E-state index in [1.807, 2.05) is 30.3 Å². The van der Waals surface area contributed by atoms with Crippen molar-refractivity contribution in [3.63, 3.8) is 0 Å². The molecular formula is C14H11ClN6O. The zero-order chi connectivity index (χ0) is 15.4. The first-order chi connectivity index (χ1) is 10.7. The van der Waals surface area contributed by atoms with E-state index in [1.165, 1.54) is 10.9 Å². The summed E-state index contributed by atoms with van der Waals surface area (Å²) >= 11 is 5.75. The van der Waals surface area contributed by atoms with Crippen LogP contribution in [0.5, 0.6) is 0 Å². The van der Waals surface area contributed by atoms with Crippen LogP contribution in [-0.2, 0) is 11.3 Å². The van der Waals surface area contributed by atoms with Crippen LogP contribution in [0.25, 0.3) is 11.4 Å². The minimum Gasteiger partial charge on any atom is -0.309 e. The van der Waals surface area contributed by atoms with E-state index >= 15 is 0 Å². The van der Waals surface area contributed by atoms with Gasteiger partial charge in [0.2, 0.25) is 5.91 Å². The molecule has 0 saturated heterocycles. The second-order valence-electron chi connectivity index (χ2n) is 4.44. The van der Waals surface area contributed by atoms with Crippen LogP contribution in [0.15, 0.2) is 48.7 Å². The van der Waals surface area contributed by atoms with Crippen molar-refractivity contribution in [2.45, 2.75) is 6.54 Å². The van der Waals surface area contributed by atoms with Gasteiger partial charge in [-0.25, -0.2) is 9.67 Å². The maximum absolute atomic E-state index is 12.0. The molecule has 3 rings (SSSR count). The molecule has 22 heavy (non-hydrogen) atoms. The second-order valence-corrected chi connectivity index (χ2v) is 4.87. The number of carbonyl (C=O) groups excluding carboxylic acids is 1. The predicted octanol–water partition coefficient (Wildman–Crippen LogP) is 2.03. The third-order valence-corrected chi connectivity index (χ3v) is 3.08. The zero-order valence-corrected chi connectivity index (χ0v) is 12.1. The molecule has 0 radical (unpaired) electrons. The average molecular weight is 315 g/mol. The van der Waals surface area contributed by atoms with E-state index in [1.54, 1.807) is 12.1 Å². The fourth-order valence-electron chi connectivity index (χ4n) is 1.87. The van der Waals surface area contributed by atoms with Gasteiger partial charge in [-0.1, -0.05) is 41.9 Å². The highest BCUT2D eigenvalue weighted by Gasteiger charge is 2.12. The summed E-state index contributed by atoms with van der Waals surface area (Å²) in [7, 11) is 0. The quantitative estimate of drug-likeness (QED) is 0.796. The Bertz CT molecular complexity index is 772. The second kappa shape index (κ2) is 6.31. The number of aromatic nitrogens is 5. The van der Waals surface area contributed by atoms with Gasteiger partial charge in [-0.05, 0) is 22.6 Å². The summed E-state index contributed by atoms with van der Waals surface area (Å²) in [6, 6.07) is 12.7. The predicted molar refractivity (Wildman–Crippen MR) is 81.1 cm³/mol. The van der Waals surface area contributed by atoms with Crippen LogP contribution in [0, 0.1) is 0 Å². The Kier molecular flexibility index (Phi) is 4.06. The number of hydrogen-bond donors (Lipinski definition) is 1. The van der Waals surface area contributed by atoms with Crippen LogP contribution in [-0.4, -0.2) is 31.1 Å². The molecule has 2 heterocycles. The van der Waals surface area contributed by atoms with E-state index in [4.69, 9.17) is 11.6 Å². The lowest BCUT2D eigenvalue weighted by Gasteiger charge is -2.06.